The number of benzene rings is 1. The molecule has 0 fully saturated rings. The first-order valence-electron chi connectivity index (χ1n) is 4.63. The summed E-state index contributed by atoms with van der Waals surface area (Å²) < 4.78 is 0. The summed E-state index contributed by atoms with van der Waals surface area (Å²) in [6.07, 6.45) is 0.875. The second-order valence-electron chi connectivity index (χ2n) is 3.41. The summed E-state index contributed by atoms with van der Waals surface area (Å²) in [4.78, 5) is 0. The smallest absolute Gasteiger partial charge is 0.0474 e. The molecule has 2 nitrogen and oxygen atoms in total. The van der Waals surface area contributed by atoms with E-state index in [4.69, 9.17) is 10.8 Å². The van der Waals surface area contributed by atoms with Gasteiger partial charge in [-0.1, -0.05) is 24.3 Å². The van der Waals surface area contributed by atoms with Gasteiger partial charge in [0.25, 0.3) is 0 Å². The second kappa shape index (κ2) is 5.00. The third-order valence-corrected chi connectivity index (χ3v) is 2.36. The van der Waals surface area contributed by atoms with Gasteiger partial charge in [0.2, 0.25) is 0 Å². The maximum Gasteiger partial charge on any atom is 0.0474 e. The van der Waals surface area contributed by atoms with E-state index in [1.165, 1.54) is 11.1 Å². The molecule has 1 atom stereocenters. The van der Waals surface area contributed by atoms with Gasteiger partial charge >= 0.3 is 0 Å². The van der Waals surface area contributed by atoms with E-state index < -0.39 is 0 Å². The molecule has 0 spiro atoms. The Morgan fingerprint density at radius 3 is 2.62 bits per heavy atom. The zero-order valence-electron chi connectivity index (χ0n) is 8.03. The van der Waals surface area contributed by atoms with E-state index in [0.29, 0.717) is 6.54 Å². The van der Waals surface area contributed by atoms with Crippen LogP contribution in [-0.4, -0.2) is 18.3 Å². The van der Waals surface area contributed by atoms with Crippen LogP contribution in [0.4, 0.5) is 0 Å². The first-order chi connectivity index (χ1) is 6.27. The Labute approximate surface area is 79.4 Å². The zero-order valence-corrected chi connectivity index (χ0v) is 8.03. The van der Waals surface area contributed by atoms with Crippen molar-refractivity contribution in [2.24, 2.45) is 11.7 Å². The lowest BCUT2D eigenvalue weighted by Gasteiger charge is -2.12. The molecule has 0 aliphatic heterocycles. The fourth-order valence-electron chi connectivity index (χ4n) is 1.37. The summed E-state index contributed by atoms with van der Waals surface area (Å²) in [6.45, 7) is 2.80. The normalized spacial score (nSPS) is 12.8. The van der Waals surface area contributed by atoms with Crippen LogP contribution in [0.15, 0.2) is 24.3 Å². The van der Waals surface area contributed by atoms with Gasteiger partial charge < -0.3 is 10.8 Å². The van der Waals surface area contributed by atoms with Crippen LogP contribution in [0.25, 0.3) is 0 Å². The predicted molar refractivity (Wildman–Crippen MR) is 54.5 cm³/mol. The highest BCUT2D eigenvalue weighted by molar-refractivity contribution is 5.25. The molecular weight excluding hydrogens is 162 g/mol. The van der Waals surface area contributed by atoms with Gasteiger partial charge in [0.1, 0.15) is 0 Å². The van der Waals surface area contributed by atoms with E-state index in [9.17, 15) is 0 Å². The summed E-state index contributed by atoms with van der Waals surface area (Å²) in [7, 11) is 0. The van der Waals surface area contributed by atoms with Crippen molar-refractivity contribution in [3.05, 3.63) is 35.4 Å². The Kier molecular flexibility index (Phi) is 3.93. The Hall–Kier alpha value is -0.860. The molecule has 0 saturated carbocycles. The molecule has 0 radical (unpaired) electrons. The minimum absolute atomic E-state index is 0.171. The van der Waals surface area contributed by atoms with Gasteiger partial charge in [0.05, 0.1) is 0 Å². The number of rotatable bonds is 4. The van der Waals surface area contributed by atoms with E-state index in [1.54, 1.807) is 0 Å². The molecule has 1 rings (SSSR count). The lowest BCUT2D eigenvalue weighted by molar-refractivity contribution is 0.229. The Balaban J connectivity index is 2.67. The highest BCUT2D eigenvalue weighted by atomic mass is 16.3. The Bertz CT molecular complexity index is 256. The summed E-state index contributed by atoms with van der Waals surface area (Å²) >= 11 is 0. The Morgan fingerprint density at radius 2 is 2.08 bits per heavy atom. The highest BCUT2D eigenvalue weighted by Crippen LogP contribution is 2.12. The molecule has 1 aromatic rings. The standard InChI is InChI=1S/C11H17NO/c1-9-4-2-3-5-11(9)6-10(7-12)8-13/h2-5,10,13H,6-8,12H2,1H3/t10-/m0/s1. The number of hydrogen-bond acceptors (Lipinski definition) is 2. The maximum absolute atomic E-state index is 9.00. The number of aliphatic hydroxyl groups is 1. The SMILES string of the molecule is Cc1ccccc1C[C@@H](CN)CO. The third kappa shape index (κ3) is 2.83. The number of nitrogens with two attached hydrogens (primary N) is 1. The van der Waals surface area contributed by atoms with Crippen molar-refractivity contribution in [2.45, 2.75) is 13.3 Å². The molecule has 0 aliphatic carbocycles. The molecule has 13 heavy (non-hydrogen) atoms. The van der Waals surface area contributed by atoms with Crippen LogP contribution in [0.1, 0.15) is 11.1 Å². The maximum atomic E-state index is 9.00. The van der Waals surface area contributed by atoms with E-state index in [0.717, 1.165) is 6.42 Å². The monoisotopic (exact) mass is 179 g/mol. The summed E-state index contributed by atoms with van der Waals surface area (Å²) in [5.41, 5.74) is 8.08. The molecular formula is C11H17NO. The number of hydrogen-bond donors (Lipinski definition) is 2. The minimum Gasteiger partial charge on any atom is -0.396 e. The fourth-order valence-corrected chi connectivity index (χ4v) is 1.37. The number of aliphatic hydroxyl groups excluding tert-OH is 1. The molecule has 3 N–H and O–H groups in total. The molecule has 0 unspecified atom stereocenters. The summed E-state index contributed by atoms with van der Waals surface area (Å²) in [5, 5.41) is 9.00. The van der Waals surface area contributed by atoms with Gasteiger partial charge in [-0.3, -0.25) is 0 Å². The fraction of sp³-hybridized carbons (Fsp3) is 0.455. The molecule has 0 aliphatic rings. The van der Waals surface area contributed by atoms with Crippen LogP contribution < -0.4 is 5.73 Å². The third-order valence-electron chi connectivity index (χ3n) is 2.36. The van der Waals surface area contributed by atoms with E-state index in [-0.39, 0.29) is 12.5 Å². The molecule has 0 amide bonds. The van der Waals surface area contributed by atoms with Crippen LogP contribution in [0.5, 0.6) is 0 Å². The average Bonchev–Trinajstić information content (AvgIpc) is 2.17. The summed E-state index contributed by atoms with van der Waals surface area (Å²) in [5.74, 6) is 0.195. The molecule has 2 heteroatoms. The quantitative estimate of drug-likeness (QED) is 0.727. The van der Waals surface area contributed by atoms with Gasteiger partial charge in [-0.2, -0.15) is 0 Å². The van der Waals surface area contributed by atoms with Crippen molar-refractivity contribution in [3.8, 4) is 0 Å². The van der Waals surface area contributed by atoms with Crippen molar-refractivity contribution in [3.63, 3.8) is 0 Å². The van der Waals surface area contributed by atoms with Crippen molar-refractivity contribution in [1.82, 2.24) is 0 Å². The van der Waals surface area contributed by atoms with Crippen molar-refractivity contribution in [2.75, 3.05) is 13.2 Å². The van der Waals surface area contributed by atoms with Crippen LogP contribution >= 0.6 is 0 Å². The first-order valence-corrected chi connectivity index (χ1v) is 4.63. The van der Waals surface area contributed by atoms with Crippen LogP contribution in [-0.2, 0) is 6.42 Å². The minimum atomic E-state index is 0.171. The molecule has 0 heterocycles. The average molecular weight is 179 g/mol. The van der Waals surface area contributed by atoms with Crippen LogP contribution in [0.2, 0.25) is 0 Å². The van der Waals surface area contributed by atoms with Gasteiger partial charge in [0.15, 0.2) is 0 Å². The van der Waals surface area contributed by atoms with Gasteiger partial charge in [-0.25, -0.2) is 0 Å². The topological polar surface area (TPSA) is 46.2 Å². The number of aryl methyl sites for hydroxylation is 1. The van der Waals surface area contributed by atoms with Crippen molar-refractivity contribution < 1.29 is 5.11 Å². The van der Waals surface area contributed by atoms with Crippen LogP contribution in [0.3, 0.4) is 0 Å². The van der Waals surface area contributed by atoms with Crippen LogP contribution in [0, 0.1) is 12.8 Å². The van der Waals surface area contributed by atoms with Gasteiger partial charge in [0, 0.05) is 6.61 Å². The summed E-state index contributed by atoms with van der Waals surface area (Å²) in [6, 6.07) is 8.22. The predicted octanol–water partition coefficient (Wildman–Crippen LogP) is 1.10. The van der Waals surface area contributed by atoms with E-state index in [1.807, 2.05) is 12.1 Å². The zero-order chi connectivity index (χ0) is 9.68. The van der Waals surface area contributed by atoms with Crippen molar-refractivity contribution >= 4 is 0 Å². The second-order valence-corrected chi connectivity index (χ2v) is 3.41. The molecule has 0 aromatic heterocycles. The largest absolute Gasteiger partial charge is 0.396 e. The lowest BCUT2D eigenvalue weighted by Crippen LogP contribution is -2.20. The molecule has 1 aromatic carbocycles. The highest BCUT2D eigenvalue weighted by Gasteiger charge is 2.07. The molecule has 0 bridgehead atoms. The molecule has 72 valence electrons. The van der Waals surface area contributed by atoms with Gasteiger partial charge in [-0.15, -0.1) is 0 Å². The van der Waals surface area contributed by atoms with Gasteiger partial charge in [-0.05, 0) is 36.9 Å². The van der Waals surface area contributed by atoms with Crippen molar-refractivity contribution in [1.29, 1.82) is 0 Å². The van der Waals surface area contributed by atoms with E-state index in [2.05, 4.69) is 19.1 Å². The Morgan fingerprint density at radius 1 is 1.38 bits per heavy atom. The first kappa shape index (κ1) is 10.2. The van der Waals surface area contributed by atoms with E-state index >= 15 is 0 Å². The molecule has 0 saturated heterocycles. The lowest BCUT2D eigenvalue weighted by atomic mass is 9.97.